The van der Waals surface area contributed by atoms with Gasteiger partial charge in [-0.2, -0.15) is 0 Å². The van der Waals surface area contributed by atoms with Crippen LogP contribution in [0.15, 0.2) is 18.2 Å². The molecule has 0 spiro atoms. The van der Waals surface area contributed by atoms with E-state index in [0.29, 0.717) is 38.8 Å². The highest BCUT2D eigenvalue weighted by atomic mass is 19.1. The summed E-state index contributed by atoms with van der Waals surface area (Å²) in [4.78, 5) is 14.0. The van der Waals surface area contributed by atoms with Gasteiger partial charge in [0.2, 0.25) is 0 Å². The second kappa shape index (κ2) is 5.43. The summed E-state index contributed by atoms with van der Waals surface area (Å²) in [5, 5.41) is 17.7. The summed E-state index contributed by atoms with van der Waals surface area (Å²) in [5.41, 5.74) is -0.816. The molecule has 3 rings (SSSR count). The largest absolute Gasteiger partial charge is 0.393 e. The van der Waals surface area contributed by atoms with Gasteiger partial charge in [-0.05, 0) is 31.7 Å². The molecule has 0 aromatic heterocycles. The number of piperidine rings is 1. The lowest BCUT2D eigenvalue weighted by Gasteiger charge is -2.31. The van der Waals surface area contributed by atoms with Crippen LogP contribution in [0.25, 0.3) is 0 Å². The van der Waals surface area contributed by atoms with Crippen LogP contribution in [0.2, 0.25) is 0 Å². The number of aliphatic hydroxyl groups is 1. The van der Waals surface area contributed by atoms with E-state index < -0.39 is 29.1 Å². The molecule has 1 saturated heterocycles. The Morgan fingerprint density at radius 3 is 2.45 bits per heavy atom. The second-order valence-corrected chi connectivity index (χ2v) is 6.10. The number of nitrogens with zero attached hydrogens (tertiary/aromatic N) is 1. The first kappa shape index (κ1) is 15.1. The topological polar surface area (TPSA) is 64.4 Å². The Hall–Kier alpha value is -1.82. The normalized spacial score (nSPS) is 20.8. The average Bonchev–Trinajstić information content (AvgIpc) is 3.28. The lowest BCUT2D eigenvalue weighted by Crippen LogP contribution is -2.46. The van der Waals surface area contributed by atoms with Gasteiger partial charge in [-0.3, -0.25) is 10.2 Å². The Balaban J connectivity index is 1.80. The summed E-state index contributed by atoms with van der Waals surface area (Å²) in [6.45, 7) is 0.814. The highest BCUT2D eigenvalue weighted by Gasteiger charge is 2.53. The van der Waals surface area contributed by atoms with Crippen LogP contribution in [0.5, 0.6) is 0 Å². The van der Waals surface area contributed by atoms with Gasteiger partial charge in [0.1, 0.15) is 17.3 Å². The van der Waals surface area contributed by atoms with Crippen LogP contribution < -0.4 is 0 Å². The lowest BCUT2D eigenvalue weighted by molar-refractivity contribution is -0.126. The van der Waals surface area contributed by atoms with E-state index >= 15 is 0 Å². The Labute approximate surface area is 127 Å². The van der Waals surface area contributed by atoms with Crippen molar-refractivity contribution >= 4 is 11.6 Å². The van der Waals surface area contributed by atoms with E-state index in [9.17, 15) is 18.7 Å². The minimum atomic E-state index is -0.912. The van der Waals surface area contributed by atoms with Crippen LogP contribution >= 0.6 is 0 Å². The zero-order valence-corrected chi connectivity index (χ0v) is 12.1. The molecule has 1 aliphatic heterocycles. The summed E-state index contributed by atoms with van der Waals surface area (Å²) in [7, 11) is 0. The maximum Gasteiger partial charge on any atom is 0.268 e. The van der Waals surface area contributed by atoms with Crippen LogP contribution in [-0.2, 0) is 10.2 Å². The van der Waals surface area contributed by atoms with E-state index in [2.05, 4.69) is 0 Å². The molecule has 118 valence electrons. The number of hydrogen-bond donors (Lipinski definition) is 2. The number of rotatable bonds is 3. The first-order valence-electron chi connectivity index (χ1n) is 7.46. The van der Waals surface area contributed by atoms with Gasteiger partial charge in [0.05, 0.1) is 6.10 Å². The maximum atomic E-state index is 14.0. The number of aliphatic hydroxyl groups excluding tert-OH is 1. The van der Waals surface area contributed by atoms with Gasteiger partial charge in [0.15, 0.2) is 0 Å². The van der Waals surface area contributed by atoms with Crippen LogP contribution in [0, 0.1) is 17.0 Å². The third-order valence-corrected chi connectivity index (χ3v) is 4.64. The molecule has 0 atom stereocenters. The predicted molar refractivity (Wildman–Crippen MR) is 76.8 cm³/mol. The number of halogens is 2. The number of likely N-dealkylation sites (tertiary alicyclic amines) is 1. The number of nitrogens with one attached hydrogen (secondary N) is 1. The molecule has 0 bridgehead atoms. The molecule has 1 saturated carbocycles. The van der Waals surface area contributed by atoms with Crippen molar-refractivity contribution in [3.8, 4) is 0 Å². The van der Waals surface area contributed by atoms with Gasteiger partial charge < -0.3 is 10.0 Å². The molecule has 22 heavy (non-hydrogen) atoms. The van der Waals surface area contributed by atoms with Gasteiger partial charge in [0.25, 0.3) is 5.91 Å². The number of carbonyl (C=O) groups is 1. The Bertz CT molecular complexity index is 621. The van der Waals surface area contributed by atoms with Crippen LogP contribution in [-0.4, -0.2) is 40.8 Å². The second-order valence-electron chi connectivity index (χ2n) is 6.10. The maximum absolute atomic E-state index is 14.0. The zero-order valence-electron chi connectivity index (χ0n) is 12.1. The minimum absolute atomic E-state index is 0.130. The number of carbonyl (C=O) groups excluding carboxylic acids is 1. The highest BCUT2D eigenvalue weighted by molar-refractivity contribution is 6.41. The Morgan fingerprint density at radius 1 is 1.27 bits per heavy atom. The fourth-order valence-corrected chi connectivity index (χ4v) is 3.09. The summed E-state index contributed by atoms with van der Waals surface area (Å²) in [6, 6.07) is 3.29. The van der Waals surface area contributed by atoms with Crippen molar-refractivity contribution in [3.63, 3.8) is 0 Å². The third kappa shape index (κ3) is 2.52. The standard InChI is InChI=1S/C16H18F2N2O2/c17-10-1-2-12(13(18)9-10)16(5-6-16)14(19)15(22)20-7-3-11(21)4-8-20/h1-2,9,11,19,21H,3-8H2. The quantitative estimate of drug-likeness (QED) is 0.839. The highest BCUT2D eigenvalue weighted by Crippen LogP contribution is 2.50. The Morgan fingerprint density at radius 2 is 1.91 bits per heavy atom. The zero-order chi connectivity index (χ0) is 15.9. The summed E-state index contributed by atoms with van der Waals surface area (Å²) < 4.78 is 27.1. The van der Waals surface area contributed by atoms with Gasteiger partial charge >= 0.3 is 0 Å². The fourth-order valence-electron chi connectivity index (χ4n) is 3.09. The average molecular weight is 308 g/mol. The summed E-state index contributed by atoms with van der Waals surface area (Å²) >= 11 is 0. The van der Waals surface area contributed by atoms with Crippen molar-refractivity contribution in [1.29, 1.82) is 5.41 Å². The number of benzene rings is 1. The molecular formula is C16H18F2N2O2. The molecule has 1 aliphatic carbocycles. The molecule has 1 heterocycles. The monoisotopic (exact) mass is 308 g/mol. The molecular weight excluding hydrogens is 290 g/mol. The van der Waals surface area contributed by atoms with E-state index in [1.807, 2.05) is 0 Å². The smallest absolute Gasteiger partial charge is 0.268 e. The summed E-state index contributed by atoms with van der Waals surface area (Å²) in [5.74, 6) is -1.78. The number of amides is 1. The molecule has 0 unspecified atom stereocenters. The molecule has 1 aromatic rings. The van der Waals surface area contributed by atoms with E-state index in [1.165, 1.54) is 11.0 Å². The molecule has 6 heteroatoms. The molecule has 4 nitrogen and oxygen atoms in total. The van der Waals surface area contributed by atoms with E-state index in [1.54, 1.807) is 0 Å². The molecule has 2 fully saturated rings. The van der Waals surface area contributed by atoms with Gasteiger partial charge in [0, 0.05) is 30.1 Å². The van der Waals surface area contributed by atoms with Crippen molar-refractivity contribution < 1.29 is 18.7 Å². The van der Waals surface area contributed by atoms with Gasteiger partial charge in [-0.25, -0.2) is 8.78 Å². The first-order chi connectivity index (χ1) is 10.4. The third-order valence-electron chi connectivity index (χ3n) is 4.64. The van der Waals surface area contributed by atoms with E-state index in [4.69, 9.17) is 5.41 Å². The molecule has 1 aromatic carbocycles. The fraction of sp³-hybridized carbons (Fsp3) is 0.500. The van der Waals surface area contributed by atoms with Crippen molar-refractivity contribution in [3.05, 3.63) is 35.4 Å². The predicted octanol–water partition coefficient (Wildman–Crippen LogP) is 2.00. The molecule has 2 N–H and O–H groups in total. The Kier molecular flexibility index (Phi) is 3.72. The van der Waals surface area contributed by atoms with Crippen LogP contribution in [0.1, 0.15) is 31.2 Å². The van der Waals surface area contributed by atoms with Crippen LogP contribution in [0.4, 0.5) is 8.78 Å². The van der Waals surface area contributed by atoms with Crippen molar-refractivity contribution in [1.82, 2.24) is 4.90 Å². The van der Waals surface area contributed by atoms with Crippen molar-refractivity contribution in [2.45, 2.75) is 37.2 Å². The molecule has 0 radical (unpaired) electrons. The van der Waals surface area contributed by atoms with Crippen molar-refractivity contribution in [2.24, 2.45) is 0 Å². The number of hydrogen-bond acceptors (Lipinski definition) is 3. The van der Waals surface area contributed by atoms with E-state index in [-0.39, 0.29) is 11.3 Å². The molecule has 2 aliphatic rings. The minimum Gasteiger partial charge on any atom is -0.393 e. The summed E-state index contributed by atoms with van der Waals surface area (Å²) in [6.07, 6.45) is 1.64. The van der Waals surface area contributed by atoms with Crippen molar-refractivity contribution in [2.75, 3.05) is 13.1 Å². The van der Waals surface area contributed by atoms with Gasteiger partial charge in [-0.1, -0.05) is 6.07 Å². The van der Waals surface area contributed by atoms with Gasteiger partial charge in [-0.15, -0.1) is 0 Å². The van der Waals surface area contributed by atoms with E-state index in [0.717, 1.165) is 12.1 Å². The first-order valence-corrected chi connectivity index (χ1v) is 7.46. The van der Waals surface area contributed by atoms with Crippen LogP contribution in [0.3, 0.4) is 0 Å². The SMILES string of the molecule is N=C(C(=O)N1CCC(O)CC1)C1(c2ccc(F)cc2F)CC1. The lowest BCUT2D eigenvalue weighted by atomic mass is 9.89. The molecule has 1 amide bonds.